The standard InChI is InChI=1S/C13H21ClN2O/c1-10(15)5-7-16-8-6-11-3-4-13(17-2)12(14)9-11/h3-4,9-10,16H,5-8,15H2,1-2H3. The maximum atomic E-state index is 6.05. The maximum absolute atomic E-state index is 6.05. The first-order valence-electron chi connectivity index (χ1n) is 5.92. The molecular formula is C13H21ClN2O. The molecule has 0 amide bonds. The molecule has 0 radical (unpaired) electrons. The van der Waals surface area contributed by atoms with Crippen molar-refractivity contribution in [3.8, 4) is 5.75 Å². The van der Waals surface area contributed by atoms with Crippen LogP contribution in [0.5, 0.6) is 5.75 Å². The molecule has 1 aromatic rings. The van der Waals surface area contributed by atoms with E-state index in [2.05, 4.69) is 5.32 Å². The molecule has 3 nitrogen and oxygen atoms in total. The summed E-state index contributed by atoms with van der Waals surface area (Å²) in [6.07, 6.45) is 1.96. The Hall–Kier alpha value is -0.770. The largest absolute Gasteiger partial charge is 0.495 e. The van der Waals surface area contributed by atoms with Gasteiger partial charge in [0.1, 0.15) is 5.75 Å². The normalized spacial score (nSPS) is 12.5. The third-order valence-corrected chi connectivity index (χ3v) is 2.88. The molecule has 96 valence electrons. The molecule has 1 rings (SSSR count). The van der Waals surface area contributed by atoms with E-state index in [-0.39, 0.29) is 6.04 Å². The second kappa shape index (κ2) is 7.54. The van der Waals surface area contributed by atoms with Crippen LogP contribution in [0.2, 0.25) is 5.02 Å². The highest BCUT2D eigenvalue weighted by molar-refractivity contribution is 6.32. The molecule has 4 heteroatoms. The van der Waals surface area contributed by atoms with Crippen LogP contribution in [0.3, 0.4) is 0 Å². The molecule has 17 heavy (non-hydrogen) atoms. The number of hydrogen-bond acceptors (Lipinski definition) is 3. The fourth-order valence-corrected chi connectivity index (χ4v) is 1.83. The Balaban J connectivity index is 2.30. The molecule has 0 aliphatic carbocycles. The minimum absolute atomic E-state index is 0.262. The van der Waals surface area contributed by atoms with Crippen LogP contribution in [-0.4, -0.2) is 26.2 Å². The van der Waals surface area contributed by atoms with Crippen molar-refractivity contribution in [2.75, 3.05) is 20.2 Å². The number of methoxy groups -OCH3 is 1. The highest BCUT2D eigenvalue weighted by atomic mass is 35.5. The van der Waals surface area contributed by atoms with Gasteiger partial charge in [-0.3, -0.25) is 0 Å². The predicted molar refractivity (Wildman–Crippen MR) is 72.8 cm³/mol. The molecule has 0 fully saturated rings. The first-order valence-corrected chi connectivity index (χ1v) is 6.30. The summed E-state index contributed by atoms with van der Waals surface area (Å²) >= 11 is 6.05. The molecule has 0 bridgehead atoms. The van der Waals surface area contributed by atoms with Crippen LogP contribution >= 0.6 is 11.6 Å². The van der Waals surface area contributed by atoms with Crippen LogP contribution in [0, 0.1) is 0 Å². The topological polar surface area (TPSA) is 47.3 Å². The summed E-state index contributed by atoms with van der Waals surface area (Å²) in [7, 11) is 1.62. The molecule has 0 aromatic heterocycles. The molecule has 1 atom stereocenters. The minimum Gasteiger partial charge on any atom is -0.495 e. The lowest BCUT2D eigenvalue weighted by atomic mass is 10.1. The van der Waals surface area contributed by atoms with E-state index in [9.17, 15) is 0 Å². The van der Waals surface area contributed by atoms with Gasteiger partial charge in [-0.25, -0.2) is 0 Å². The smallest absolute Gasteiger partial charge is 0.137 e. The molecule has 0 aliphatic heterocycles. The van der Waals surface area contributed by atoms with Gasteiger partial charge in [-0.05, 0) is 50.6 Å². The lowest BCUT2D eigenvalue weighted by Crippen LogP contribution is -2.25. The van der Waals surface area contributed by atoms with Gasteiger partial charge in [-0.1, -0.05) is 17.7 Å². The predicted octanol–water partition coefficient (Wildman–Crippen LogP) is 2.22. The van der Waals surface area contributed by atoms with Crippen molar-refractivity contribution in [2.45, 2.75) is 25.8 Å². The van der Waals surface area contributed by atoms with E-state index < -0.39 is 0 Å². The molecule has 0 saturated heterocycles. The van der Waals surface area contributed by atoms with Gasteiger partial charge in [0.15, 0.2) is 0 Å². The average molecular weight is 257 g/mol. The van der Waals surface area contributed by atoms with Crippen LogP contribution in [-0.2, 0) is 6.42 Å². The third kappa shape index (κ3) is 5.39. The van der Waals surface area contributed by atoms with E-state index in [1.54, 1.807) is 7.11 Å². The molecular weight excluding hydrogens is 236 g/mol. The van der Waals surface area contributed by atoms with E-state index in [1.807, 2.05) is 25.1 Å². The zero-order valence-corrected chi connectivity index (χ0v) is 11.3. The molecule has 0 aliphatic rings. The first-order chi connectivity index (χ1) is 8.13. The van der Waals surface area contributed by atoms with E-state index in [1.165, 1.54) is 5.56 Å². The molecule has 3 N–H and O–H groups in total. The van der Waals surface area contributed by atoms with Gasteiger partial charge >= 0.3 is 0 Å². The maximum Gasteiger partial charge on any atom is 0.137 e. The van der Waals surface area contributed by atoms with Gasteiger partial charge < -0.3 is 15.8 Å². The Labute approximate surface area is 108 Å². The number of rotatable bonds is 7. The van der Waals surface area contributed by atoms with E-state index >= 15 is 0 Å². The van der Waals surface area contributed by atoms with Gasteiger partial charge in [0.25, 0.3) is 0 Å². The number of hydrogen-bond donors (Lipinski definition) is 2. The molecule has 1 unspecified atom stereocenters. The van der Waals surface area contributed by atoms with Crippen molar-refractivity contribution >= 4 is 11.6 Å². The van der Waals surface area contributed by atoms with Crippen LogP contribution in [0.1, 0.15) is 18.9 Å². The van der Waals surface area contributed by atoms with Crippen molar-refractivity contribution in [1.29, 1.82) is 0 Å². The lowest BCUT2D eigenvalue weighted by molar-refractivity contribution is 0.415. The van der Waals surface area contributed by atoms with Crippen molar-refractivity contribution in [1.82, 2.24) is 5.32 Å². The molecule has 1 aromatic carbocycles. The van der Waals surface area contributed by atoms with Gasteiger partial charge in [-0.15, -0.1) is 0 Å². The van der Waals surface area contributed by atoms with Gasteiger partial charge in [-0.2, -0.15) is 0 Å². The van der Waals surface area contributed by atoms with E-state index in [0.717, 1.165) is 31.7 Å². The van der Waals surface area contributed by atoms with Crippen molar-refractivity contribution in [3.05, 3.63) is 28.8 Å². The highest BCUT2D eigenvalue weighted by Crippen LogP contribution is 2.24. The Morgan fingerprint density at radius 2 is 2.18 bits per heavy atom. The zero-order valence-electron chi connectivity index (χ0n) is 10.5. The highest BCUT2D eigenvalue weighted by Gasteiger charge is 2.01. The number of halogens is 1. The van der Waals surface area contributed by atoms with Gasteiger partial charge in [0.05, 0.1) is 12.1 Å². The fourth-order valence-electron chi connectivity index (χ4n) is 1.55. The summed E-state index contributed by atoms with van der Waals surface area (Å²) in [6.45, 7) is 3.92. The number of benzene rings is 1. The summed E-state index contributed by atoms with van der Waals surface area (Å²) < 4.78 is 5.11. The molecule has 0 saturated carbocycles. The molecule has 0 heterocycles. The third-order valence-electron chi connectivity index (χ3n) is 2.58. The Bertz CT molecular complexity index is 342. The SMILES string of the molecule is COc1ccc(CCNCCC(C)N)cc1Cl. The summed E-state index contributed by atoms with van der Waals surface area (Å²) in [6, 6.07) is 6.16. The summed E-state index contributed by atoms with van der Waals surface area (Å²) in [5, 5.41) is 4.03. The zero-order chi connectivity index (χ0) is 12.7. The molecule has 0 spiro atoms. The summed E-state index contributed by atoms with van der Waals surface area (Å²) in [4.78, 5) is 0. The first kappa shape index (κ1) is 14.3. The summed E-state index contributed by atoms with van der Waals surface area (Å²) in [5.74, 6) is 0.723. The lowest BCUT2D eigenvalue weighted by Gasteiger charge is -2.08. The minimum atomic E-state index is 0.262. The number of nitrogens with one attached hydrogen (secondary N) is 1. The summed E-state index contributed by atoms with van der Waals surface area (Å²) in [5.41, 5.74) is 6.88. The second-order valence-electron chi connectivity index (χ2n) is 4.23. The quantitative estimate of drug-likeness (QED) is 0.736. The van der Waals surface area contributed by atoms with Crippen molar-refractivity contribution in [2.24, 2.45) is 5.73 Å². The van der Waals surface area contributed by atoms with E-state index in [4.69, 9.17) is 22.1 Å². The number of ether oxygens (including phenoxy) is 1. The Morgan fingerprint density at radius 1 is 1.41 bits per heavy atom. The van der Waals surface area contributed by atoms with Crippen LogP contribution in [0.25, 0.3) is 0 Å². The van der Waals surface area contributed by atoms with Crippen molar-refractivity contribution < 1.29 is 4.74 Å². The van der Waals surface area contributed by atoms with E-state index in [0.29, 0.717) is 5.02 Å². The number of nitrogens with two attached hydrogens (primary N) is 1. The van der Waals surface area contributed by atoms with Crippen molar-refractivity contribution in [3.63, 3.8) is 0 Å². The van der Waals surface area contributed by atoms with Crippen LogP contribution in [0.4, 0.5) is 0 Å². The monoisotopic (exact) mass is 256 g/mol. The second-order valence-corrected chi connectivity index (χ2v) is 4.64. The average Bonchev–Trinajstić information content (AvgIpc) is 2.28. The Kier molecular flexibility index (Phi) is 6.34. The fraction of sp³-hybridized carbons (Fsp3) is 0.538. The van der Waals surface area contributed by atoms with Gasteiger partial charge in [0.2, 0.25) is 0 Å². The Morgan fingerprint density at radius 3 is 2.76 bits per heavy atom. The van der Waals surface area contributed by atoms with Gasteiger partial charge in [0, 0.05) is 6.04 Å². The van der Waals surface area contributed by atoms with Crippen LogP contribution < -0.4 is 15.8 Å². The van der Waals surface area contributed by atoms with Crippen LogP contribution in [0.15, 0.2) is 18.2 Å².